The van der Waals surface area contributed by atoms with E-state index in [0.717, 1.165) is 22.4 Å². The molecule has 208 valence electrons. The molecule has 0 saturated heterocycles. The summed E-state index contributed by atoms with van der Waals surface area (Å²) in [5.74, 6) is -0.339. The molecule has 42 heavy (non-hydrogen) atoms. The number of pyridine rings is 1. The van der Waals surface area contributed by atoms with Crippen molar-refractivity contribution in [3.8, 4) is 5.75 Å². The molecule has 0 spiro atoms. The van der Waals surface area contributed by atoms with E-state index in [4.69, 9.17) is 4.74 Å². The molecular weight excluding hydrogens is 525 g/mol. The van der Waals surface area contributed by atoms with Crippen LogP contribution in [0.25, 0.3) is 5.65 Å². The van der Waals surface area contributed by atoms with E-state index in [9.17, 15) is 9.18 Å². The van der Waals surface area contributed by atoms with Crippen molar-refractivity contribution in [3.63, 3.8) is 0 Å². The predicted octanol–water partition coefficient (Wildman–Crippen LogP) is 7.48. The monoisotopic (exact) mass is 555 g/mol. The molecule has 0 radical (unpaired) electrons. The molecule has 2 aromatic heterocycles. The molecule has 0 unspecified atom stereocenters. The van der Waals surface area contributed by atoms with Crippen LogP contribution in [0.5, 0.6) is 5.75 Å². The zero-order valence-corrected chi connectivity index (χ0v) is 22.9. The Hall–Kier alpha value is -5.23. The zero-order valence-electron chi connectivity index (χ0n) is 22.9. The van der Waals surface area contributed by atoms with Crippen LogP contribution in [0, 0.1) is 5.82 Å². The highest BCUT2D eigenvalue weighted by atomic mass is 19.1. The van der Waals surface area contributed by atoms with Crippen LogP contribution in [0.1, 0.15) is 46.3 Å². The highest BCUT2D eigenvalue weighted by Crippen LogP contribution is 2.32. The Morgan fingerprint density at radius 1 is 0.786 bits per heavy atom. The number of fused-ring (bicyclic) bond motifs is 1. The Labute approximate surface area is 244 Å². The Balaban J connectivity index is 1.32. The summed E-state index contributed by atoms with van der Waals surface area (Å²) in [4.78, 5) is 18.4. The first-order valence-electron chi connectivity index (χ1n) is 13.9. The quantitative estimate of drug-likeness (QED) is 0.191. The van der Waals surface area contributed by atoms with Crippen molar-refractivity contribution in [2.24, 2.45) is 0 Å². The number of amides is 1. The molecule has 1 atom stereocenters. The third-order valence-corrected chi connectivity index (χ3v) is 7.33. The zero-order chi connectivity index (χ0) is 28.7. The van der Waals surface area contributed by atoms with Crippen molar-refractivity contribution in [2.45, 2.75) is 25.0 Å². The summed E-state index contributed by atoms with van der Waals surface area (Å²) in [6, 6.07) is 39.6. The van der Waals surface area contributed by atoms with E-state index in [-0.39, 0.29) is 24.2 Å². The van der Waals surface area contributed by atoms with Gasteiger partial charge in [-0.15, -0.1) is 0 Å². The molecular formula is C36H30FN3O2. The summed E-state index contributed by atoms with van der Waals surface area (Å²) in [5.41, 5.74) is 5.11. The molecule has 6 heteroatoms. The van der Waals surface area contributed by atoms with E-state index < -0.39 is 5.92 Å². The topological polar surface area (TPSA) is 55.6 Å². The number of hydrogen-bond donors (Lipinski definition) is 1. The number of benzene rings is 4. The largest absolute Gasteiger partial charge is 0.485 e. The van der Waals surface area contributed by atoms with E-state index in [1.54, 1.807) is 12.3 Å². The Bertz CT molecular complexity index is 1730. The molecule has 0 fully saturated rings. The van der Waals surface area contributed by atoms with Crippen molar-refractivity contribution in [1.82, 2.24) is 14.7 Å². The van der Waals surface area contributed by atoms with Gasteiger partial charge in [0.05, 0.1) is 11.7 Å². The lowest BCUT2D eigenvalue weighted by atomic mass is 9.91. The minimum absolute atomic E-state index is 0.0997. The summed E-state index contributed by atoms with van der Waals surface area (Å²) < 4.78 is 22.5. The van der Waals surface area contributed by atoms with Gasteiger partial charge in [0.1, 0.15) is 12.4 Å². The lowest BCUT2D eigenvalue weighted by molar-refractivity contribution is -0.121. The standard InChI is InChI=1S/C36H30FN3O2/c37-30-19-10-18-29(22-30)31(23-34(41)39-35(27-14-6-2-7-15-27)28-16-8-3-9-17-28)32-24-38-36-33(20-11-21-40(32)36)42-25-26-12-4-1-5-13-26/h1-22,24,31,35H,23,25H2,(H,39,41)/t31-/m0/s1. The molecule has 6 aromatic rings. The van der Waals surface area contributed by atoms with Gasteiger partial charge in [-0.1, -0.05) is 103 Å². The van der Waals surface area contributed by atoms with Gasteiger partial charge in [-0.2, -0.15) is 0 Å². The van der Waals surface area contributed by atoms with Gasteiger partial charge in [0.2, 0.25) is 5.91 Å². The fraction of sp³-hybridized carbons (Fsp3) is 0.111. The van der Waals surface area contributed by atoms with E-state index in [0.29, 0.717) is 23.6 Å². The number of aromatic nitrogens is 2. The molecule has 0 saturated carbocycles. The number of ether oxygens (including phenoxy) is 1. The second kappa shape index (κ2) is 12.5. The number of carbonyl (C=O) groups excluding carboxylic acids is 1. The van der Waals surface area contributed by atoms with Crippen molar-refractivity contribution in [1.29, 1.82) is 0 Å². The van der Waals surface area contributed by atoms with Gasteiger partial charge in [0.25, 0.3) is 0 Å². The number of imidazole rings is 1. The van der Waals surface area contributed by atoms with Crippen LogP contribution in [0.3, 0.4) is 0 Å². The fourth-order valence-electron chi connectivity index (χ4n) is 5.28. The highest BCUT2D eigenvalue weighted by molar-refractivity contribution is 5.78. The maximum absolute atomic E-state index is 14.5. The third kappa shape index (κ3) is 6.08. The first-order valence-corrected chi connectivity index (χ1v) is 13.9. The van der Waals surface area contributed by atoms with E-state index in [1.165, 1.54) is 12.1 Å². The molecule has 2 heterocycles. The predicted molar refractivity (Wildman–Crippen MR) is 162 cm³/mol. The highest BCUT2D eigenvalue weighted by Gasteiger charge is 2.25. The molecule has 4 aromatic carbocycles. The fourth-order valence-corrected chi connectivity index (χ4v) is 5.28. The second-order valence-electron chi connectivity index (χ2n) is 10.2. The van der Waals surface area contributed by atoms with Gasteiger partial charge in [-0.25, -0.2) is 9.37 Å². The number of nitrogens with one attached hydrogen (secondary N) is 1. The van der Waals surface area contributed by atoms with E-state index in [1.807, 2.05) is 120 Å². The molecule has 0 bridgehead atoms. The number of halogens is 1. The van der Waals surface area contributed by atoms with Gasteiger partial charge in [0, 0.05) is 24.7 Å². The smallest absolute Gasteiger partial charge is 0.221 e. The average Bonchev–Trinajstić information content (AvgIpc) is 3.47. The summed E-state index contributed by atoms with van der Waals surface area (Å²) in [7, 11) is 0. The first kappa shape index (κ1) is 27.0. The Morgan fingerprint density at radius 2 is 1.43 bits per heavy atom. The molecule has 5 nitrogen and oxygen atoms in total. The Kier molecular flexibility index (Phi) is 8.04. The lowest BCUT2D eigenvalue weighted by Gasteiger charge is -2.23. The minimum Gasteiger partial charge on any atom is -0.485 e. The number of nitrogens with zero attached hydrogens (tertiary/aromatic N) is 2. The SMILES string of the molecule is O=C(C[C@@H](c1cccc(F)c1)c1cnc2c(OCc3ccccc3)cccn12)NC(c1ccccc1)c1ccccc1. The molecule has 0 aliphatic carbocycles. The van der Waals surface area contributed by atoms with Gasteiger partial charge >= 0.3 is 0 Å². The molecule has 0 aliphatic rings. The van der Waals surface area contributed by atoms with Crippen molar-refractivity contribution in [2.75, 3.05) is 0 Å². The van der Waals surface area contributed by atoms with Crippen LogP contribution in [0.2, 0.25) is 0 Å². The molecule has 1 N–H and O–H groups in total. The van der Waals surface area contributed by atoms with Crippen LogP contribution in [-0.4, -0.2) is 15.3 Å². The second-order valence-corrected chi connectivity index (χ2v) is 10.2. The van der Waals surface area contributed by atoms with Crippen LogP contribution in [-0.2, 0) is 11.4 Å². The van der Waals surface area contributed by atoms with Crippen LogP contribution >= 0.6 is 0 Å². The maximum Gasteiger partial charge on any atom is 0.221 e. The first-order chi connectivity index (χ1) is 20.7. The van der Waals surface area contributed by atoms with Crippen LogP contribution in [0.15, 0.2) is 140 Å². The molecule has 1 amide bonds. The number of hydrogen-bond acceptors (Lipinski definition) is 3. The van der Waals surface area contributed by atoms with Crippen molar-refractivity contribution in [3.05, 3.63) is 174 Å². The number of carbonyl (C=O) groups is 1. The Morgan fingerprint density at radius 3 is 2.10 bits per heavy atom. The molecule has 6 rings (SSSR count). The van der Waals surface area contributed by atoms with E-state index in [2.05, 4.69) is 10.3 Å². The summed E-state index contributed by atoms with van der Waals surface area (Å²) >= 11 is 0. The summed E-state index contributed by atoms with van der Waals surface area (Å²) in [5, 5.41) is 3.24. The summed E-state index contributed by atoms with van der Waals surface area (Å²) in [6.45, 7) is 0.402. The van der Waals surface area contributed by atoms with Crippen molar-refractivity contribution < 1.29 is 13.9 Å². The average molecular weight is 556 g/mol. The van der Waals surface area contributed by atoms with Crippen molar-refractivity contribution >= 4 is 11.6 Å². The molecule has 0 aliphatic heterocycles. The van der Waals surface area contributed by atoms with Gasteiger partial charge in [-0.05, 0) is 46.5 Å². The normalized spacial score (nSPS) is 11.9. The maximum atomic E-state index is 14.5. The lowest BCUT2D eigenvalue weighted by Crippen LogP contribution is -2.30. The summed E-state index contributed by atoms with van der Waals surface area (Å²) in [6.07, 6.45) is 3.75. The van der Waals surface area contributed by atoms with Gasteiger partial charge in [-0.3, -0.25) is 4.79 Å². The van der Waals surface area contributed by atoms with E-state index >= 15 is 0 Å². The van der Waals surface area contributed by atoms with Gasteiger partial charge in [0.15, 0.2) is 11.4 Å². The third-order valence-electron chi connectivity index (χ3n) is 7.33. The van der Waals surface area contributed by atoms with Crippen LogP contribution in [0.4, 0.5) is 4.39 Å². The number of rotatable bonds is 10. The van der Waals surface area contributed by atoms with Crippen LogP contribution < -0.4 is 10.1 Å². The van der Waals surface area contributed by atoms with Gasteiger partial charge < -0.3 is 14.5 Å². The minimum atomic E-state index is -0.452.